The van der Waals surface area contributed by atoms with Gasteiger partial charge in [0.1, 0.15) is 5.76 Å². The summed E-state index contributed by atoms with van der Waals surface area (Å²) in [5, 5.41) is 0.848. The van der Waals surface area contributed by atoms with Crippen molar-refractivity contribution in [1.82, 2.24) is 0 Å². The summed E-state index contributed by atoms with van der Waals surface area (Å²) in [6.07, 6.45) is 6.22. The second-order valence-corrected chi connectivity index (χ2v) is 6.57. The predicted octanol–water partition coefficient (Wildman–Crippen LogP) is 3.31. The molecule has 0 radical (unpaired) electrons. The molecule has 2 aliphatic rings. The van der Waals surface area contributed by atoms with Gasteiger partial charge < -0.3 is 4.52 Å². The zero-order chi connectivity index (χ0) is 11.2. The van der Waals surface area contributed by atoms with E-state index >= 15 is 0 Å². The number of benzene rings is 1. The van der Waals surface area contributed by atoms with Crippen molar-refractivity contribution in [1.29, 1.82) is 0 Å². The molecule has 0 spiro atoms. The Bertz CT molecular complexity index is 555. The van der Waals surface area contributed by atoms with Gasteiger partial charge in [-0.3, -0.25) is 4.57 Å². The number of allylic oxidation sites excluding steroid dienone is 3. The van der Waals surface area contributed by atoms with Crippen molar-refractivity contribution in [3.63, 3.8) is 0 Å². The van der Waals surface area contributed by atoms with Crippen LogP contribution < -0.4 is 5.30 Å². The third-order valence-electron chi connectivity index (χ3n) is 3.01. The molecule has 1 aliphatic carbocycles. The first-order valence-corrected chi connectivity index (χ1v) is 7.53. The molecule has 1 atom stereocenters. The minimum absolute atomic E-state index is 0.802. The minimum atomic E-state index is -2.68. The van der Waals surface area contributed by atoms with Crippen molar-refractivity contribution >= 4 is 18.2 Å². The topological polar surface area (TPSA) is 26.3 Å². The van der Waals surface area contributed by atoms with Crippen molar-refractivity contribution in [3.05, 3.63) is 47.7 Å². The van der Waals surface area contributed by atoms with Crippen LogP contribution in [0.2, 0.25) is 0 Å². The Hall–Kier alpha value is -1.27. The van der Waals surface area contributed by atoms with Gasteiger partial charge in [0.15, 0.2) is 0 Å². The van der Waals surface area contributed by atoms with E-state index in [0.717, 1.165) is 35.0 Å². The number of fused-ring (bicyclic) bond motifs is 3. The van der Waals surface area contributed by atoms with E-state index in [2.05, 4.69) is 6.08 Å². The molecule has 0 unspecified atom stereocenters. The summed E-state index contributed by atoms with van der Waals surface area (Å²) in [5.74, 6) is 0.802. The summed E-state index contributed by atoms with van der Waals surface area (Å²) in [4.78, 5) is 0. The molecule has 0 bridgehead atoms. The molecular formula is C13H13O2P. The summed E-state index contributed by atoms with van der Waals surface area (Å²) in [6.45, 7) is 1.69. The van der Waals surface area contributed by atoms with E-state index in [-0.39, 0.29) is 0 Å². The fourth-order valence-corrected chi connectivity index (χ4v) is 3.91. The highest BCUT2D eigenvalue weighted by atomic mass is 31.2. The van der Waals surface area contributed by atoms with E-state index in [0.29, 0.717) is 0 Å². The van der Waals surface area contributed by atoms with Crippen LogP contribution in [0.25, 0.3) is 5.57 Å². The Morgan fingerprint density at radius 3 is 2.81 bits per heavy atom. The van der Waals surface area contributed by atoms with Crippen molar-refractivity contribution in [2.45, 2.75) is 12.8 Å². The average Bonchev–Trinajstić information content (AvgIpc) is 2.29. The number of rotatable bonds is 0. The highest BCUT2D eigenvalue weighted by Gasteiger charge is 2.33. The van der Waals surface area contributed by atoms with E-state index < -0.39 is 7.37 Å². The lowest BCUT2D eigenvalue weighted by Crippen LogP contribution is -2.19. The molecule has 3 heteroatoms. The normalized spacial score (nSPS) is 27.1. The first-order chi connectivity index (χ1) is 7.68. The van der Waals surface area contributed by atoms with Crippen molar-refractivity contribution in [3.8, 4) is 0 Å². The van der Waals surface area contributed by atoms with Crippen LogP contribution in [0.4, 0.5) is 0 Å². The van der Waals surface area contributed by atoms with Crippen LogP contribution in [0.15, 0.2) is 42.2 Å². The molecule has 0 aromatic heterocycles. The van der Waals surface area contributed by atoms with Crippen LogP contribution in [0.5, 0.6) is 0 Å². The Balaban J connectivity index is 2.29. The highest BCUT2D eigenvalue weighted by Crippen LogP contribution is 2.52. The molecule has 1 heterocycles. The number of hydrogen-bond acceptors (Lipinski definition) is 2. The second-order valence-electron chi connectivity index (χ2n) is 4.22. The first-order valence-electron chi connectivity index (χ1n) is 5.46. The Labute approximate surface area is 95.1 Å². The van der Waals surface area contributed by atoms with Gasteiger partial charge in [-0.05, 0) is 30.5 Å². The first kappa shape index (κ1) is 9.92. The minimum Gasteiger partial charge on any atom is -0.440 e. The van der Waals surface area contributed by atoms with E-state index in [1.54, 1.807) is 6.66 Å². The molecule has 0 saturated carbocycles. The SMILES string of the molecule is C[P@]1(=O)OC2=CCCC=C2c2ccccc21. The molecule has 1 aromatic rings. The third-order valence-corrected chi connectivity index (χ3v) is 4.82. The molecular weight excluding hydrogens is 219 g/mol. The molecule has 1 aliphatic heterocycles. The molecule has 0 N–H and O–H groups in total. The quantitative estimate of drug-likeness (QED) is 0.641. The van der Waals surface area contributed by atoms with Gasteiger partial charge in [0.2, 0.25) is 0 Å². The van der Waals surface area contributed by atoms with Gasteiger partial charge in [-0.1, -0.05) is 24.3 Å². The number of hydrogen-bond donors (Lipinski definition) is 0. The van der Waals surface area contributed by atoms with E-state index in [1.165, 1.54) is 0 Å². The van der Waals surface area contributed by atoms with Gasteiger partial charge in [0.05, 0.1) is 5.30 Å². The lowest BCUT2D eigenvalue weighted by atomic mass is 9.98. The summed E-state index contributed by atoms with van der Waals surface area (Å²) >= 11 is 0. The highest BCUT2D eigenvalue weighted by molar-refractivity contribution is 7.66. The standard InChI is InChI=1S/C13H13O2P/c1-16(14)13-9-5-3-7-11(13)10-6-2-4-8-12(10)15-16/h3,5-9H,2,4H2,1H3/t16-/m0/s1. The van der Waals surface area contributed by atoms with Crippen LogP contribution in [0.1, 0.15) is 18.4 Å². The maximum atomic E-state index is 12.4. The van der Waals surface area contributed by atoms with E-state index in [1.807, 2.05) is 30.3 Å². The maximum absolute atomic E-state index is 12.4. The van der Waals surface area contributed by atoms with Gasteiger partial charge in [-0.25, -0.2) is 0 Å². The lowest BCUT2D eigenvalue weighted by molar-refractivity contribution is 0.428. The fourth-order valence-electron chi connectivity index (χ4n) is 2.27. The third kappa shape index (κ3) is 1.37. The average molecular weight is 232 g/mol. The zero-order valence-electron chi connectivity index (χ0n) is 9.14. The molecule has 0 fully saturated rings. The summed E-state index contributed by atoms with van der Waals surface area (Å²) in [6, 6.07) is 7.83. The molecule has 0 saturated heterocycles. The summed E-state index contributed by atoms with van der Waals surface area (Å²) in [5.41, 5.74) is 2.18. The monoisotopic (exact) mass is 232 g/mol. The largest absolute Gasteiger partial charge is 0.440 e. The van der Waals surface area contributed by atoms with Gasteiger partial charge in [0, 0.05) is 12.2 Å². The van der Waals surface area contributed by atoms with Crippen LogP contribution >= 0.6 is 7.37 Å². The molecule has 1 aromatic carbocycles. The molecule has 0 amide bonds. The Morgan fingerprint density at radius 2 is 1.94 bits per heavy atom. The van der Waals surface area contributed by atoms with Crippen molar-refractivity contribution < 1.29 is 9.09 Å². The van der Waals surface area contributed by atoms with Gasteiger partial charge in [0.25, 0.3) is 7.37 Å². The van der Waals surface area contributed by atoms with Gasteiger partial charge in [-0.2, -0.15) is 0 Å². The fraction of sp³-hybridized carbons (Fsp3) is 0.231. The van der Waals surface area contributed by atoms with Gasteiger partial charge >= 0.3 is 0 Å². The van der Waals surface area contributed by atoms with Crippen LogP contribution in [0, 0.1) is 0 Å². The smallest absolute Gasteiger partial charge is 0.274 e. The second kappa shape index (κ2) is 3.36. The Kier molecular flexibility index (Phi) is 2.08. The predicted molar refractivity (Wildman–Crippen MR) is 66.0 cm³/mol. The lowest BCUT2D eigenvalue weighted by Gasteiger charge is -2.29. The van der Waals surface area contributed by atoms with E-state index in [9.17, 15) is 4.57 Å². The maximum Gasteiger partial charge on any atom is 0.274 e. The molecule has 3 rings (SSSR count). The van der Waals surface area contributed by atoms with Gasteiger partial charge in [-0.15, -0.1) is 0 Å². The summed E-state index contributed by atoms with van der Waals surface area (Å²) < 4.78 is 18.1. The zero-order valence-corrected chi connectivity index (χ0v) is 10.0. The van der Waals surface area contributed by atoms with E-state index in [4.69, 9.17) is 4.52 Å². The van der Waals surface area contributed by atoms with Crippen molar-refractivity contribution in [2.24, 2.45) is 0 Å². The molecule has 82 valence electrons. The summed E-state index contributed by atoms with van der Waals surface area (Å²) in [7, 11) is -2.68. The Morgan fingerprint density at radius 1 is 1.19 bits per heavy atom. The van der Waals surface area contributed by atoms with Crippen molar-refractivity contribution in [2.75, 3.05) is 6.66 Å². The van der Waals surface area contributed by atoms with Crippen LogP contribution in [-0.4, -0.2) is 6.66 Å². The molecule has 2 nitrogen and oxygen atoms in total. The molecule has 16 heavy (non-hydrogen) atoms. The van der Waals surface area contributed by atoms with Crippen LogP contribution in [-0.2, 0) is 9.09 Å². The van der Waals surface area contributed by atoms with Crippen LogP contribution in [0.3, 0.4) is 0 Å².